The van der Waals surface area contributed by atoms with Crippen LogP contribution in [-0.4, -0.2) is 10.2 Å². The third-order valence-corrected chi connectivity index (χ3v) is 4.01. The summed E-state index contributed by atoms with van der Waals surface area (Å²) in [5.74, 6) is 0. The van der Waals surface area contributed by atoms with Gasteiger partial charge in [0, 0.05) is 27.0 Å². The van der Waals surface area contributed by atoms with E-state index in [0.717, 1.165) is 12.2 Å². The fourth-order valence-corrected chi connectivity index (χ4v) is 2.68. The van der Waals surface area contributed by atoms with E-state index in [2.05, 4.69) is 44.4 Å². The standard InChI is InChI=1S/C9H10BrN3S/c1-6-9(10)2-8(14-6)5-11-7-3-12-13-4-7/h2-4,11H,5H2,1H3,(H,12,13). The Morgan fingerprint density at radius 1 is 1.64 bits per heavy atom. The van der Waals surface area contributed by atoms with Gasteiger partial charge in [-0.2, -0.15) is 5.10 Å². The minimum atomic E-state index is 0.844. The van der Waals surface area contributed by atoms with Gasteiger partial charge in [-0.3, -0.25) is 5.10 Å². The van der Waals surface area contributed by atoms with E-state index in [0.29, 0.717) is 0 Å². The SMILES string of the molecule is Cc1sc(CNc2cn[nH]c2)cc1Br. The van der Waals surface area contributed by atoms with E-state index in [1.165, 1.54) is 14.2 Å². The molecule has 0 fully saturated rings. The quantitative estimate of drug-likeness (QED) is 0.901. The van der Waals surface area contributed by atoms with E-state index < -0.39 is 0 Å². The lowest BCUT2D eigenvalue weighted by molar-refractivity contribution is 1.09. The molecule has 0 amide bonds. The van der Waals surface area contributed by atoms with Crippen LogP contribution in [0.25, 0.3) is 0 Å². The molecule has 5 heteroatoms. The first kappa shape index (κ1) is 9.73. The summed E-state index contributed by atoms with van der Waals surface area (Å²) in [6.07, 6.45) is 3.62. The molecule has 0 saturated heterocycles. The zero-order valence-electron chi connectivity index (χ0n) is 7.67. The van der Waals surface area contributed by atoms with Crippen LogP contribution in [0.1, 0.15) is 9.75 Å². The number of nitrogens with zero attached hydrogens (tertiary/aromatic N) is 1. The Balaban J connectivity index is 1.98. The molecule has 0 bridgehead atoms. The Bertz CT molecular complexity index is 388. The summed E-state index contributed by atoms with van der Waals surface area (Å²) in [6, 6.07) is 2.15. The molecule has 3 nitrogen and oxygen atoms in total. The summed E-state index contributed by atoms with van der Waals surface area (Å²) in [4.78, 5) is 2.63. The predicted molar refractivity (Wildman–Crippen MR) is 62.7 cm³/mol. The lowest BCUT2D eigenvalue weighted by Gasteiger charge is -1.98. The van der Waals surface area contributed by atoms with Crippen molar-refractivity contribution < 1.29 is 0 Å². The van der Waals surface area contributed by atoms with E-state index in [4.69, 9.17) is 0 Å². The summed E-state index contributed by atoms with van der Waals surface area (Å²) >= 11 is 5.30. The number of aromatic nitrogens is 2. The number of aryl methyl sites for hydroxylation is 1. The molecule has 0 spiro atoms. The van der Waals surface area contributed by atoms with Gasteiger partial charge in [-0.25, -0.2) is 0 Å². The van der Waals surface area contributed by atoms with Gasteiger partial charge in [-0.1, -0.05) is 0 Å². The van der Waals surface area contributed by atoms with Crippen LogP contribution in [0.2, 0.25) is 0 Å². The highest BCUT2D eigenvalue weighted by Crippen LogP contribution is 2.26. The predicted octanol–water partition coefficient (Wildman–Crippen LogP) is 3.15. The molecule has 2 aromatic heterocycles. The summed E-state index contributed by atoms with van der Waals surface area (Å²) in [6.45, 7) is 2.95. The number of halogens is 1. The van der Waals surface area contributed by atoms with E-state index in [-0.39, 0.29) is 0 Å². The second kappa shape index (κ2) is 4.14. The molecule has 0 unspecified atom stereocenters. The van der Waals surface area contributed by atoms with Crippen LogP contribution in [0.15, 0.2) is 22.9 Å². The van der Waals surface area contributed by atoms with Gasteiger partial charge in [0.05, 0.1) is 11.9 Å². The Morgan fingerprint density at radius 3 is 3.07 bits per heavy atom. The van der Waals surface area contributed by atoms with Crippen molar-refractivity contribution in [1.29, 1.82) is 0 Å². The molecule has 2 heterocycles. The van der Waals surface area contributed by atoms with E-state index in [1.807, 2.05) is 6.20 Å². The van der Waals surface area contributed by atoms with Gasteiger partial charge in [-0.05, 0) is 28.9 Å². The summed E-state index contributed by atoms with van der Waals surface area (Å²) < 4.78 is 1.19. The highest BCUT2D eigenvalue weighted by molar-refractivity contribution is 9.10. The Kier molecular flexibility index (Phi) is 2.88. The number of H-pyrrole nitrogens is 1. The van der Waals surface area contributed by atoms with Crippen molar-refractivity contribution in [2.24, 2.45) is 0 Å². The Labute approximate surface area is 94.7 Å². The molecule has 74 valence electrons. The smallest absolute Gasteiger partial charge is 0.0726 e. The molecule has 0 saturated carbocycles. The molecule has 14 heavy (non-hydrogen) atoms. The van der Waals surface area contributed by atoms with Crippen molar-refractivity contribution in [2.75, 3.05) is 5.32 Å². The third-order valence-electron chi connectivity index (χ3n) is 1.87. The largest absolute Gasteiger partial charge is 0.378 e. The first-order valence-corrected chi connectivity index (χ1v) is 5.84. The van der Waals surface area contributed by atoms with Gasteiger partial charge in [0.15, 0.2) is 0 Å². The number of nitrogens with one attached hydrogen (secondary N) is 2. The van der Waals surface area contributed by atoms with Gasteiger partial charge in [0.2, 0.25) is 0 Å². The van der Waals surface area contributed by atoms with Crippen LogP contribution < -0.4 is 5.32 Å². The third kappa shape index (κ3) is 2.16. The molecule has 2 N–H and O–H groups in total. The fourth-order valence-electron chi connectivity index (χ4n) is 1.14. The van der Waals surface area contributed by atoms with Crippen molar-refractivity contribution in [2.45, 2.75) is 13.5 Å². The molecule has 0 aromatic carbocycles. The monoisotopic (exact) mass is 271 g/mol. The van der Waals surface area contributed by atoms with E-state index in [9.17, 15) is 0 Å². The van der Waals surface area contributed by atoms with Crippen LogP contribution in [0, 0.1) is 6.92 Å². The zero-order valence-corrected chi connectivity index (χ0v) is 10.1. The van der Waals surface area contributed by atoms with Crippen molar-refractivity contribution in [3.63, 3.8) is 0 Å². The molecule has 2 aromatic rings. The molecule has 0 radical (unpaired) electrons. The molecular formula is C9H10BrN3S. The van der Waals surface area contributed by atoms with Gasteiger partial charge >= 0.3 is 0 Å². The van der Waals surface area contributed by atoms with Crippen molar-refractivity contribution in [1.82, 2.24) is 10.2 Å². The maximum atomic E-state index is 3.86. The van der Waals surface area contributed by atoms with Gasteiger partial charge in [-0.15, -0.1) is 11.3 Å². The van der Waals surface area contributed by atoms with Crippen molar-refractivity contribution >= 4 is 33.0 Å². The van der Waals surface area contributed by atoms with Gasteiger partial charge in [0.1, 0.15) is 0 Å². The second-order valence-corrected chi connectivity index (χ2v) is 5.15. The Morgan fingerprint density at radius 2 is 2.50 bits per heavy atom. The highest BCUT2D eigenvalue weighted by atomic mass is 79.9. The average molecular weight is 272 g/mol. The number of aromatic amines is 1. The van der Waals surface area contributed by atoms with Crippen molar-refractivity contribution in [3.8, 4) is 0 Å². The topological polar surface area (TPSA) is 40.7 Å². The molecule has 2 rings (SSSR count). The summed E-state index contributed by atoms with van der Waals surface area (Å²) in [5, 5.41) is 9.91. The lowest BCUT2D eigenvalue weighted by atomic mass is 10.4. The maximum Gasteiger partial charge on any atom is 0.0726 e. The van der Waals surface area contributed by atoms with E-state index in [1.54, 1.807) is 17.5 Å². The first-order valence-electron chi connectivity index (χ1n) is 4.23. The normalized spacial score (nSPS) is 10.4. The minimum absolute atomic E-state index is 0.844. The minimum Gasteiger partial charge on any atom is -0.378 e. The summed E-state index contributed by atoms with van der Waals surface area (Å²) in [5.41, 5.74) is 1.02. The number of thiophene rings is 1. The number of rotatable bonds is 3. The van der Waals surface area contributed by atoms with Crippen LogP contribution in [-0.2, 0) is 6.54 Å². The zero-order chi connectivity index (χ0) is 9.97. The highest BCUT2D eigenvalue weighted by Gasteiger charge is 2.02. The van der Waals surface area contributed by atoms with Crippen LogP contribution >= 0.6 is 27.3 Å². The molecule has 0 aliphatic heterocycles. The molecular weight excluding hydrogens is 262 g/mol. The number of hydrogen-bond donors (Lipinski definition) is 2. The first-order chi connectivity index (χ1) is 6.75. The summed E-state index contributed by atoms with van der Waals surface area (Å²) in [7, 11) is 0. The average Bonchev–Trinajstić information content (AvgIpc) is 2.74. The molecule has 0 atom stereocenters. The van der Waals surface area contributed by atoms with Crippen LogP contribution in [0.3, 0.4) is 0 Å². The van der Waals surface area contributed by atoms with Crippen LogP contribution in [0.5, 0.6) is 0 Å². The van der Waals surface area contributed by atoms with Gasteiger partial charge < -0.3 is 5.32 Å². The number of anilines is 1. The number of hydrogen-bond acceptors (Lipinski definition) is 3. The molecule has 0 aliphatic carbocycles. The van der Waals surface area contributed by atoms with Crippen LogP contribution in [0.4, 0.5) is 5.69 Å². The lowest BCUT2D eigenvalue weighted by Crippen LogP contribution is -1.95. The van der Waals surface area contributed by atoms with Gasteiger partial charge in [0.25, 0.3) is 0 Å². The van der Waals surface area contributed by atoms with Crippen molar-refractivity contribution in [3.05, 3.63) is 32.7 Å². The molecule has 0 aliphatic rings. The van der Waals surface area contributed by atoms with E-state index >= 15 is 0 Å². The maximum absolute atomic E-state index is 3.86. The Hall–Kier alpha value is -0.810. The second-order valence-electron chi connectivity index (χ2n) is 2.96. The fraction of sp³-hybridized carbons (Fsp3) is 0.222.